The van der Waals surface area contributed by atoms with Crippen LogP contribution in [0.25, 0.3) is 10.8 Å². The van der Waals surface area contributed by atoms with Crippen molar-refractivity contribution in [2.75, 3.05) is 6.61 Å². The number of hydrogen-bond donors (Lipinski definition) is 3. The summed E-state index contributed by atoms with van der Waals surface area (Å²) in [4.78, 5) is 11.8. The van der Waals surface area contributed by atoms with Crippen LogP contribution in [0.5, 0.6) is 23.0 Å². The van der Waals surface area contributed by atoms with Gasteiger partial charge in [0.25, 0.3) is 0 Å². The monoisotopic (exact) mass is 248 g/mol. The first-order chi connectivity index (χ1) is 8.56. The summed E-state index contributed by atoms with van der Waals surface area (Å²) in [5.74, 6) is -1.50. The molecule has 2 rings (SSSR count). The lowest BCUT2D eigenvalue weighted by Crippen LogP contribution is -1.99. The average Bonchev–Trinajstić information content (AvgIpc) is 2.47. The normalized spacial score (nSPS) is 10.5. The van der Waals surface area contributed by atoms with Crippen molar-refractivity contribution in [3.8, 4) is 23.0 Å². The Bertz CT molecular complexity index is 664. The predicted molar refractivity (Wildman–Crippen MR) is 66.4 cm³/mol. The highest BCUT2D eigenvalue weighted by molar-refractivity contribution is 5.92. The van der Waals surface area contributed by atoms with E-state index in [2.05, 4.69) is 0 Å². The van der Waals surface area contributed by atoms with E-state index in [-0.39, 0.29) is 11.1 Å². The zero-order chi connectivity index (χ0) is 13.3. The quantitative estimate of drug-likeness (QED) is 0.704. The van der Waals surface area contributed by atoms with E-state index in [1.165, 1.54) is 24.3 Å². The smallest absolute Gasteiger partial charge is 0.231 e. The molecule has 0 bridgehead atoms. The Hall–Kier alpha value is -2.43. The van der Waals surface area contributed by atoms with Gasteiger partial charge in [-0.05, 0) is 24.4 Å². The van der Waals surface area contributed by atoms with Crippen LogP contribution in [0.1, 0.15) is 6.92 Å². The van der Waals surface area contributed by atoms with Gasteiger partial charge in [0.05, 0.1) is 12.0 Å². The molecule has 5 nitrogen and oxygen atoms in total. The summed E-state index contributed by atoms with van der Waals surface area (Å²) in [5, 5.41) is 29.2. The standard InChI is InChI=1S/C13H12O5/c1-2-18-9-6-7-4-3-5-8(14)11(15)10(7)13(17)12(9)16/h3-6,16-17H,2H2,1H3,(H,14,15). The maximum Gasteiger partial charge on any atom is 0.231 e. The lowest BCUT2D eigenvalue weighted by molar-refractivity contribution is 0.310. The SMILES string of the molecule is CCOc1cc2cccc(O)c(=O)c2c(O)c1O. The van der Waals surface area contributed by atoms with Gasteiger partial charge in [0.15, 0.2) is 17.2 Å². The van der Waals surface area contributed by atoms with E-state index < -0.39 is 22.7 Å². The van der Waals surface area contributed by atoms with Crippen molar-refractivity contribution in [1.29, 1.82) is 0 Å². The maximum absolute atomic E-state index is 11.8. The van der Waals surface area contributed by atoms with Crippen molar-refractivity contribution in [3.63, 3.8) is 0 Å². The number of ether oxygens (including phenoxy) is 1. The summed E-state index contributed by atoms with van der Waals surface area (Å²) in [5.41, 5.74) is -0.745. The van der Waals surface area contributed by atoms with Gasteiger partial charge in [0.2, 0.25) is 11.2 Å². The molecule has 5 heteroatoms. The molecule has 94 valence electrons. The van der Waals surface area contributed by atoms with Crippen molar-refractivity contribution < 1.29 is 20.1 Å². The fourth-order valence-electron chi connectivity index (χ4n) is 1.74. The fourth-order valence-corrected chi connectivity index (χ4v) is 1.74. The minimum atomic E-state index is -0.745. The van der Waals surface area contributed by atoms with Crippen molar-refractivity contribution in [2.45, 2.75) is 6.92 Å². The highest BCUT2D eigenvalue weighted by atomic mass is 16.5. The van der Waals surface area contributed by atoms with Crippen LogP contribution >= 0.6 is 0 Å². The zero-order valence-electron chi connectivity index (χ0n) is 9.67. The number of benzene rings is 1. The van der Waals surface area contributed by atoms with Crippen LogP contribution in [-0.2, 0) is 0 Å². The third-order valence-corrected chi connectivity index (χ3v) is 2.56. The first-order valence-electron chi connectivity index (χ1n) is 5.40. The Morgan fingerprint density at radius 2 is 1.89 bits per heavy atom. The minimum Gasteiger partial charge on any atom is -0.504 e. The van der Waals surface area contributed by atoms with Gasteiger partial charge in [-0.25, -0.2) is 0 Å². The van der Waals surface area contributed by atoms with Gasteiger partial charge in [-0.2, -0.15) is 0 Å². The topological polar surface area (TPSA) is 87.0 Å². The van der Waals surface area contributed by atoms with E-state index in [1.54, 1.807) is 6.92 Å². The molecule has 2 aromatic carbocycles. The van der Waals surface area contributed by atoms with E-state index in [0.29, 0.717) is 12.0 Å². The highest BCUT2D eigenvalue weighted by Crippen LogP contribution is 2.40. The number of fused-ring (bicyclic) bond motifs is 1. The third-order valence-electron chi connectivity index (χ3n) is 2.56. The van der Waals surface area contributed by atoms with Crippen LogP contribution < -0.4 is 10.2 Å². The van der Waals surface area contributed by atoms with E-state index in [4.69, 9.17) is 4.74 Å². The summed E-state index contributed by atoms with van der Waals surface area (Å²) in [6, 6.07) is 5.68. The number of aromatic hydroxyl groups is 3. The molecule has 0 heterocycles. The molecular formula is C13H12O5. The van der Waals surface area contributed by atoms with Crippen LogP contribution in [-0.4, -0.2) is 21.9 Å². The molecule has 2 aromatic rings. The first-order valence-corrected chi connectivity index (χ1v) is 5.40. The molecule has 0 saturated heterocycles. The Kier molecular flexibility index (Phi) is 2.97. The van der Waals surface area contributed by atoms with Crippen molar-refractivity contribution in [2.24, 2.45) is 0 Å². The van der Waals surface area contributed by atoms with Gasteiger partial charge in [0, 0.05) is 0 Å². The molecule has 3 N–H and O–H groups in total. The first kappa shape index (κ1) is 12.0. The van der Waals surface area contributed by atoms with Crippen LogP contribution in [0.3, 0.4) is 0 Å². The van der Waals surface area contributed by atoms with Gasteiger partial charge in [-0.3, -0.25) is 4.79 Å². The molecule has 0 aliphatic carbocycles. The van der Waals surface area contributed by atoms with Gasteiger partial charge in [0.1, 0.15) is 0 Å². The predicted octanol–water partition coefficient (Wildman–Crippen LogP) is 1.72. The number of phenolic OH excluding ortho intramolecular Hbond substituents is 2. The number of hydrogen-bond acceptors (Lipinski definition) is 5. The van der Waals surface area contributed by atoms with Crippen molar-refractivity contribution in [3.05, 3.63) is 34.5 Å². The van der Waals surface area contributed by atoms with Crippen molar-refractivity contribution in [1.82, 2.24) is 0 Å². The Morgan fingerprint density at radius 1 is 1.17 bits per heavy atom. The molecule has 0 atom stereocenters. The van der Waals surface area contributed by atoms with Crippen LogP contribution in [0.2, 0.25) is 0 Å². The third kappa shape index (κ3) is 1.79. The summed E-state index contributed by atoms with van der Waals surface area (Å²) in [6.07, 6.45) is 0. The Labute approximate surface area is 103 Å². The fraction of sp³-hybridized carbons (Fsp3) is 0.154. The van der Waals surface area contributed by atoms with Gasteiger partial charge >= 0.3 is 0 Å². The summed E-state index contributed by atoms with van der Waals surface area (Å²) >= 11 is 0. The number of rotatable bonds is 2. The van der Waals surface area contributed by atoms with E-state index in [1.807, 2.05) is 0 Å². The Morgan fingerprint density at radius 3 is 2.56 bits per heavy atom. The second-order valence-electron chi connectivity index (χ2n) is 3.71. The van der Waals surface area contributed by atoms with Crippen LogP contribution in [0, 0.1) is 0 Å². The summed E-state index contributed by atoms with van der Waals surface area (Å²) in [7, 11) is 0. The van der Waals surface area contributed by atoms with Crippen LogP contribution in [0.15, 0.2) is 29.1 Å². The number of phenols is 2. The zero-order valence-corrected chi connectivity index (χ0v) is 9.67. The van der Waals surface area contributed by atoms with Crippen molar-refractivity contribution >= 4 is 10.8 Å². The molecular weight excluding hydrogens is 236 g/mol. The largest absolute Gasteiger partial charge is 0.504 e. The molecule has 0 fully saturated rings. The van der Waals surface area contributed by atoms with E-state index in [0.717, 1.165) is 0 Å². The summed E-state index contributed by atoms with van der Waals surface area (Å²) in [6.45, 7) is 2.05. The lowest BCUT2D eigenvalue weighted by atomic mass is 10.1. The summed E-state index contributed by atoms with van der Waals surface area (Å²) < 4.78 is 5.15. The molecule has 0 aliphatic rings. The molecule has 18 heavy (non-hydrogen) atoms. The highest BCUT2D eigenvalue weighted by Gasteiger charge is 2.15. The molecule has 0 radical (unpaired) electrons. The van der Waals surface area contributed by atoms with Crippen LogP contribution in [0.4, 0.5) is 0 Å². The van der Waals surface area contributed by atoms with Gasteiger partial charge in [-0.15, -0.1) is 0 Å². The molecule has 0 spiro atoms. The average molecular weight is 248 g/mol. The second kappa shape index (κ2) is 4.44. The maximum atomic E-state index is 11.8. The minimum absolute atomic E-state index is 0.0904. The van der Waals surface area contributed by atoms with Gasteiger partial charge < -0.3 is 20.1 Å². The van der Waals surface area contributed by atoms with E-state index in [9.17, 15) is 20.1 Å². The molecule has 0 saturated carbocycles. The van der Waals surface area contributed by atoms with E-state index >= 15 is 0 Å². The second-order valence-corrected chi connectivity index (χ2v) is 3.71. The molecule has 0 aliphatic heterocycles. The van der Waals surface area contributed by atoms with Gasteiger partial charge in [-0.1, -0.05) is 12.1 Å². The molecule has 0 aromatic heterocycles. The Balaban J connectivity index is 2.94. The molecule has 0 amide bonds. The molecule has 0 unspecified atom stereocenters. The lowest BCUT2D eigenvalue weighted by Gasteiger charge is -2.08.